The van der Waals surface area contributed by atoms with Crippen LogP contribution in [-0.4, -0.2) is 73.9 Å². The molecule has 12 nitrogen and oxygen atoms in total. The minimum atomic E-state index is -1.72. The van der Waals surface area contributed by atoms with Crippen LogP contribution in [0.1, 0.15) is 12.0 Å². The maximum Gasteiger partial charge on any atom is 0.336 e. The molecule has 1 aliphatic rings. The molecule has 2 heterocycles. The molecule has 0 radical (unpaired) electrons. The number of ether oxygens (including phenoxy) is 3. The molecule has 1 aromatic heterocycles. The van der Waals surface area contributed by atoms with Gasteiger partial charge in [-0.15, -0.1) is 0 Å². The molecule has 0 spiro atoms. The topological polar surface area (TPSA) is 196 Å². The van der Waals surface area contributed by atoms with Crippen LogP contribution in [0.2, 0.25) is 0 Å². The predicted octanol–water partition coefficient (Wildman–Crippen LogP) is 0.487. The standard InChI is InChI=1S/C24H24O12/c25-10-18-21(30)22(31)23(32)24(36-18)35-17-9-14(26)12(2-5-19(27)28)7-16(17)33-13-4-1-11-3-6-20(29)34-15(11)8-13/h1,3-4,6-9,18,21-26,30-32H,2,5,10H2,(H,27,28)/t18-,21+,22+,23+,24+/m0/s1. The van der Waals surface area contributed by atoms with Gasteiger partial charge in [0.15, 0.2) is 11.5 Å². The Kier molecular flexibility index (Phi) is 7.43. The average Bonchev–Trinajstić information content (AvgIpc) is 2.84. The second kappa shape index (κ2) is 10.5. The van der Waals surface area contributed by atoms with Crippen LogP contribution in [0.25, 0.3) is 11.0 Å². The number of aliphatic carboxylic acids is 1. The van der Waals surface area contributed by atoms with E-state index in [1.54, 1.807) is 18.2 Å². The van der Waals surface area contributed by atoms with Crippen molar-refractivity contribution in [2.45, 2.75) is 43.5 Å². The number of hydrogen-bond acceptors (Lipinski definition) is 11. The van der Waals surface area contributed by atoms with Gasteiger partial charge in [0.2, 0.25) is 6.29 Å². The summed E-state index contributed by atoms with van der Waals surface area (Å²) in [7, 11) is 0. The van der Waals surface area contributed by atoms with E-state index in [-0.39, 0.29) is 47.0 Å². The number of carboxylic acids is 1. The Bertz CT molecular complexity index is 1300. The lowest BCUT2D eigenvalue weighted by atomic mass is 9.99. The number of aryl methyl sites for hydroxylation is 1. The van der Waals surface area contributed by atoms with Crippen LogP contribution in [-0.2, 0) is 16.0 Å². The van der Waals surface area contributed by atoms with Gasteiger partial charge in [0.25, 0.3) is 0 Å². The molecule has 1 fully saturated rings. The smallest absolute Gasteiger partial charge is 0.336 e. The Labute approximate surface area is 203 Å². The number of phenols is 1. The fourth-order valence-electron chi connectivity index (χ4n) is 3.73. The Morgan fingerprint density at radius 3 is 2.44 bits per heavy atom. The van der Waals surface area contributed by atoms with E-state index in [1.807, 2.05) is 0 Å². The molecule has 2 aromatic carbocycles. The van der Waals surface area contributed by atoms with Crippen LogP contribution in [0.3, 0.4) is 0 Å². The summed E-state index contributed by atoms with van der Waals surface area (Å²) in [6.07, 6.45) is -8.13. The molecule has 1 saturated heterocycles. The molecule has 5 atom stereocenters. The Hall–Kier alpha value is -3.68. The maximum absolute atomic E-state index is 11.6. The van der Waals surface area contributed by atoms with Crippen molar-refractivity contribution in [1.82, 2.24) is 0 Å². The summed E-state index contributed by atoms with van der Waals surface area (Å²) in [4.78, 5) is 22.6. The van der Waals surface area contributed by atoms with Crippen molar-refractivity contribution in [3.05, 3.63) is 58.4 Å². The summed E-state index contributed by atoms with van der Waals surface area (Å²) in [6.45, 7) is -0.671. The van der Waals surface area contributed by atoms with Gasteiger partial charge in [-0.25, -0.2) is 4.79 Å². The molecule has 0 aliphatic carbocycles. The first-order chi connectivity index (χ1) is 17.2. The fourth-order valence-corrected chi connectivity index (χ4v) is 3.73. The molecule has 192 valence electrons. The largest absolute Gasteiger partial charge is 0.508 e. The van der Waals surface area contributed by atoms with E-state index in [0.717, 1.165) is 6.07 Å². The van der Waals surface area contributed by atoms with Crippen LogP contribution in [0, 0.1) is 0 Å². The third-order valence-electron chi connectivity index (χ3n) is 5.67. The highest BCUT2D eigenvalue weighted by molar-refractivity contribution is 5.78. The van der Waals surface area contributed by atoms with Crippen LogP contribution < -0.4 is 15.1 Å². The van der Waals surface area contributed by atoms with Crippen molar-refractivity contribution >= 4 is 16.9 Å². The van der Waals surface area contributed by atoms with Crippen LogP contribution in [0.4, 0.5) is 0 Å². The van der Waals surface area contributed by atoms with Crippen LogP contribution in [0.15, 0.2) is 51.7 Å². The second-order valence-corrected chi connectivity index (χ2v) is 8.19. The minimum Gasteiger partial charge on any atom is -0.508 e. The molecular formula is C24H24O12. The van der Waals surface area contributed by atoms with Gasteiger partial charge in [-0.05, 0) is 36.2 Å². The molecule has 1 aliphatic heterocycles. The molecule has 6 N–H and O–H groups in total. The van der Waals surface area contributed by atoms with Gasteiger partial charge in [0, 0.05) is 30.0 Å². The summed E-state index contributed by atoms with van der Waals surface area (Å²) >= 11 is 0. The maximum atomic E-state index is 11.6. The highest BCUT2D eigenvalue weighted by atomic mass is 16.7. The van der Waals surface area contributed by atoms with Gasteiger partial charge < -0.3 is 49.3 Å². The molecule has 36 heavy (non-hydrogen) atoms. The van der Waals surface area contributed by atoms with Crippen LogP contribution >= 0.6 is 0 Å². The molecule has 12 heteroatoms. The van der Waals surface area contributed by atoms with Gasteiger partial charge in [-0.3, -0.25) is 4.79 Å². The number of hydrogen-bond donors (Lipinski definition) is 6. The molecule has 0 amide bonds. The summed E-state index contributed by atoms with van der Waals surface area (Å²) < 4.78 is 22.1. The van der Waals surface area contributed by atoms with Gasteiger partial charge >= 0.3 is 11.6 Å². The molecule has 0 saturated carbocycles. The SMILES string of the molecule is O=C(O)CCc1cc(Oc2ccc3ccc(=O)oc3c2)c(O[C@@H]2O[C@@H](CO)[C@@H](O)[C@@H](O)[C@H]2O)cc1O. The number of rotatable bonds is 8. The van der Waals surface area contributed by atoms with E-state index in [0.29, 0.717) is 5.39 Å². The third kappa shape index (κ3) is 5.42. The molecule has 3 aromatic rings. The Morgan fingerprint density at radius 2 is 1.72 bits per heavy atom. The number of carbonyl (C=O) groups is 1. The number of phenolic OH excluding ortho intramolecular Hbond substituents is 1. The first-order valence-electron chi connectivity index (χ1n) is 10.9. The minimum absolute atomic E-state index is 0.0252. The monoisotopic (exact) mass is 504 g/mol. The number of aromatic hydroxyl groups is 1. The lowest BCUT2D eigenvalue weighted by Gasteiger charge is -2.39. The first-order valence-corrected chi connectivity index (χ1v) is 10.9. The number of fused-ring (bicyclic) bond motifs is 1. The van der Waals surface area contributed by atoms with E-state index in [1.165, 1.54) is 18.2 Å². The average molecular weight is 504 g/mol. The van der Waals surface area contributed by atoms with Crippen molar-refractivity contribution in [1.29, 1.82) is 0 Å². The van der Waals surface area contributed by atoms with Crippen LogP contribution in [0.5, 0.6) is 23.0 Å². The van der Waals surface area contributed by atoms with Crippen molar-refractivity contribution in [3.63, 3.8) is 0 Å². The quantitative estimate of drug-likeness (QED) is 0.233. The van der Waals surface area contributed by atoms with E-state index >= 15 is 0 Å². The van der Waals surface area contributed by atoms with E-state index in [9.17, 15) is 35.1 Å². The lowest BCUT2D eigenvalue weighted by Crippen LogP contribution is -2.60. The lowest BCUT2D eigenvalue weighted by molar-refractivity contribution is -0.277. The molecule has 0 unspecified atom stereocenters. The number of carboxylic acid groups (broad SMARTS) is 1. The highest BCUT2D eigenvalue weighted by Gasteiger charge is 2.45. The predicted molar refractivity (Wildman–Crippen MR) is 121 cm³/mol. The highest BCUT2D eigenvalue weighted by Crippen LogP contribution is 2.40. The Morgan fingerprint density at radius 1 is 0.972 bits per heavy atom. The zero-order valence-electron chi connectivity index (χ0n) is 18.7. The zero-order valence-corrected chi connectivity index (χ0v) is 18.7. The van der Waals surface area contributed by atoms with Gasteiger partial charge in [-0.1, -0.05) is 0 Å². The summed E-state index contributed by atoms with van der Waals surface area (Å²) in [5.74, 6) is -1.39. The van der Waals surface area contributed by atoms with Crippen molar-refractivity contribution in [3.8, 4) is 23.0 Å². The Balaban J connectivity index is 1.69. The summed E-state index contributed by atoms with van der Waals surface area (Å²) in [6, 6.07) is 9.95. The number of aliphatic hydroxyl groups is 4. The number of benzene rings is 2. The van der Waals surface area contributed by atoms with E-state index in [2.05, 4.69) is 0 Å². The van der Waals surface area contributed by atoms with Gasteiger partial charge in [0.05, 0.1) is 6.61 Å². The molecule has 4 rings (SSSR count). The summed E-state index contributed by atoms with van der Waals surface area (Å²) in [5.41, 5.74) is -0.103. The first kappa shape index (κ1) is 25.4. The number of aliphatic hydroxyl groups excluding tert-OH is 4. The van der Waals surface area contributed by atoms with Crippen molar-refractivity contribution < 1.29 is 54.1 Å². The molecule has 0 bridgehead atoms. The van der Waals surface area contributed by atoms with Gasteiger partial charge in [0.1, 0.15) is 41.5 Å². The van der Waals surface area contributed by atoms with E-state index in [4.69, 9.17) is 23.7 Å². The third-order valence-corrected chi connectivity index (χ3v) is 5.67. The second-order valence-electron chi connectivity index (χ2n) is 8.19. The summed E-state index contributed by atoms with van der Waals surface area (Å²) in [5, 5.41) is 59.9. The molecular weight excluding hydrogens is 480 g/mol. The van der Waals surface area contributed by atoms with Gasteiger partial charge in [-0.2, -0.15) is 0 Å². The normalized spacial score (nSPS) is 23.9. The van der Waals surface area contributed by atoms with E-state index < -0.39 is 48.9 Å². The zero-order chi connectivity index (χ0) is 26.0. The fraction of sp³-hybridized carbons (Fsp3) is 0.333. The van der Waals surface area contributed by atoms with Crippen molar-refractivity contribution in [2.75, 3.05) is 6.61 Å². The van der Waals surface area contributed by atoms with Crippen molar-refractivity contribution in [2.24, 2.45) is 0 Å².